The Morgan fingerprint density at radius 1 is 1.33 bits per heavy atom. The minimum Gasteiger partial charge on any atom is -0.480 e. The summed E-state index contributed by atoms with van der Waals surface area (Å²) in [5.74, 6) is -0.231. The number of nitrogens with one attached hydrogen (secondary N) is 2. The molecule has 0 bridgehead atoms. The maximum Gasteiger partial charge on any atom is 0.344 e. The molecule has 0 saturated heterocycles. The summed E-state index contributed by atoms with van der Waals surface area (Å²) < 4.78 is 40.1. The largest absolute Gasteiger partial charge is 0.480 e. The van der Waals surface area contributed by atoms with Crippen LogP contribution in [0, 0.1) is 0 Å². The molecular weight excluding hydrogens is 500 g/mol. The van der Waals surface area contributed by atoms with Crippen molar-refractivity contribution in [2.45, 2.75) is 11.8 Å². The molecular formula is C17H17BrN4O6S2. The zero-order valence-corrected chi connectivity index (χ0v) is 19.1. The first-order valence-corrected chi connectivity index (χ1v) is 11.6. The molecule has 1 aromatic carbocycles. The number of hydrogen-bond acceptors (Lipinski definition) is 8. The van der Waals surface area contributed by atoms with Gasteiger partial charge < -0.3 is 14.0 Å². The van der Waals surface area contributed by atoms with Crippen LogP contribution in [0.5, 0.6) is 5.75 Å². The molecule has 30 heavy (non-hydrogen) atoms. The van der Waals surface area contributed by atoms with Gasteiger partial charge in [-0.25, -0.2) is 27.7 Å². The Labute approximate surface area is 184 Å². The SMILES string of the molecule is CCOC(=O)COc1cccc2c(S(=O)(=O)NC(=O)Nc3ncc(Br)s3)cn(C)c12. The van der Waals surface area contributed by atoms with E-state index in [0.717, 1.165) is 11.3 Å². The van der Waals surface area contributed by atoms with Crippen molar-refractivity contribution in [2.24, 2.45) is 7.05 Å². The van der Waals surface area contributed by atoms with Crippen molar-refractivity contribution in [3.8, 4) is 5.75 Å². The molecule has 13 heteroatoms. The molecule has 0 spiro atoms. The van der Waals surface area contributed by atoms with E-state index in [1.807, 2.05) is 4.72 Å². The van der Waals surface area contributed by atoms with E-state index in [1.54, 1.807) is 36.7 Å². The predicted molar refractivity (Wildman–Crippen MR) is 114 cm³/mol. The Hall–Kier alpha value is -2.64. The summed E-state index contributed by atoms with van der Waals surface area (Å²) in [4.78, 5) is 27.5. The van der Waals surface area contributed by atoms with Crippen LogP contribution in [0.15, 0.2) is 39.3 Å². The molecule has 0 fully saturated rings. The van der Waals surface area contributed by atoms with Gasteiger partial charge in [0.25, 0.3) is 10.0 Å². The molecule has 2 aromatic heterocycles. The Morgan fingerprint density at radius 3 is 2.77 bits per heavy atom. The molecule has 3 aromatic rings. The number of aryl methyl sites for hydroxylation is 1. The van der Waals surface area contributed by atoms with E-state index in [4.69, 9.17) is 9.47 Å². The summed E-state index contributed by atoms with van der Waals surface area (Å²) in [5.41, 5.74) is 0.450. The summed E-state index contributed by atoms with van der Waals surface area (Å²) in [7, 11) is -2.57. The number of nitrogens with zero attached hydrogens (tertiary/aromatic N) is 2. The molecule has 2 amide bonds. The number of ether oxygens (including phenoxy) is 2. The third kappa shape index (κ3) is 4.91. The number of fused-ring (bicyclic) bond motifs is 1. The lowest BCUT2D eigenvalue weighted by Crippen LogP contribution is -2.34. The van der Waals surface area contributed by atoms with Gasteiger partial charge in [0, 0.05) is 18.6 Å². The second-order valence-electron chi connectivity index (χ2n) is 5.88. The lowest BCUT2D eigenvalue weighted by Gasteiger charge is -2.09. The van der Waals surface area contributed by atoms with E-state index in [2.05, 4.69) is 26.2 Å². The molecule has 0 aliphatic heterocycles. The average Bonchev–Trinajstić information content (AvgIpc) is 3.23. The highest BCUT2D eigenvalue weighted by molar-refractivity contribution is 9.11. The highest BCUT2D eigenvalue weighted by atomic mass is 79.9. The number of benzene rings is 1. The summed E-state index contributed by atoms with van der Waals surface area (Å²) in [6.07, 6.45) is 2.84. The topological polar surface area (TPSA) is 129 Å². The van der Waals surface area contributed by atoms with Gasteiger partial charge in [-0.3, -0.25) is 5.32 Å². The molecule has 10 nitrogen and oxygen atoms in total. The van der Waals surface area contributed by atoms with Gasteiger partial charge >= 0.3 is 12.0 Å². The first kappa shape index (κ1) is 22.1. The number of thiazole rings is 1. The van der Waals surface area contributed by atoms with Crippen molar-refractivity contribution in [3.05, 3.63) is 34.4 Å². The highest BCUT2D eigenvalue weighted by Crippen LogP contribution is 2.32. The fourth-order valence-corrected chi connectivity index (χ4v) is 4.93. The van der Waals surface area contributed by atoms with E-state index >= 15 is 0 Å². The van der Waals surface area contributed by atoms with E-state index in [9.17, 15) is 18.0 Å². The predicted octanol–water partition coefficient (Wildman–Crippen LogP) is 2.85. The number of aromatic nitrogens is 2. The third-order valence-electron chi connectivity index (χ3n) is 3.79. The number of hydrogen-bond donors (Lipinski definition) is 2. The van der Waals surface area contributed by atoms with E-state index in [0.29, 0.717) is 20.4 Å². The number of rotatable bonds is 7. The molecule has 0 radical (unpaired) electrons. The lowest BCUT2D eigenvalue weighted by molar-refractivity contribution is -0.145. The van der Waals surface area contributed by atoms with Crippen LogP contribution in [0.3, 0.4) is 0 Å². The molecule has 160 valence electrons. The standard InChI is InChI=1S/C17H17BrN4O6S2/c1-3-27-14(23)9-28-11-6-4-5-10-12(8-22(2)15(10)11)30(25,26)21-16(24)20-17-19-7-13(18)29-17/h4-8H,3,9H2,1-2H3,(H2,19,20,21,24). The lowest BCUT2D eigenvalue weighted by atomic mass is 10.2. The molecule has 0 saturated carbocycles. The minimum atomic E-state index is -4.20. The van der Waals surface area contributed by atoms with Crippen LogP contribution < -0.4 is 14.8 Å². The van der Waals surface area contributed by atoms with Gasteiger partial charge in [0.15, 0.2) is 11.7 Å². The average molecular weight is 517 g/mol. The molecule has 0 unspecified atom stereocenters. The number of carbonyl (C=O) groups is 2. The second-order valence-corrected chi connectivity index (χ2v) is 9.94. The maximum atomic E-state index is 12.8. The number of urea groups is 1. The number of anilines is 1. The Kier molecular flexibility index (Phi) is 6.63. The smallest absolute Gasteiger partial charge is 0.344 e. The molecule has 2 heterocycles. The van der Waals surface area contributed by atoms with Crippen LogP contribution in [-0.2, 0) is 26.6 Å². The number of esters is 1. The van der Waals surface area contributed by atoms with Crippen LogP contribution in [0.1, 0.15) is 6.92 Å². The Bertz CT molecular complexity index is 1200. The molecule has 2 N–H and O–H groups in total. The number of halogens is 1. The molecule has 0 aliphatic carbocycles. The van der Waals surface area contributed by atoms with E-state index < -0.39 is 22.0 Å². The van der Waals surface area contributed by atoms with Crippen molar-refractivity contribution in [1.82, 2.24) is 14.3 Å². The molecule has 3 rings (SSSR count). The Balaban J connectivity index is 1.85. The van der Waals surface area contributed by atoms with Gasteiger partial charge in [0.1, 0.15) is 10.6 Å². The van der Waals surface area contributed by atoms with Crippen molar-refractivity contribution in [3.63, 3.8) is 0 Å². The molecule has 0 atom stereocenters. The van der Waals surface area contributed by atoms with Gasteiger partial charge in [-0.15, -0.1) is 0 Å². The van der Waals surface area contributed by atoms with Crippen LogP contribution in [0.25, 0.3) is 10.9 Å². The Morgan fingerprint density at radius 2 is 2.10 bits per heavy atom. The quantitative estimate of drug-likeness (QED) is 0.461. The highest BCUT2D eigenvalue weighted by Gasteiger charge is 2.24. The number of sulfonamides is 1. The second kappa shape index (κ2) is 9.02. The maximum absolute atomic E-state index is 12.8. The zero-order valence-electron chi connectivity index (χ0n) is 15.8. The van der Waals surface area contributed by atoms with Gasteiger partial charge in [-0.1, -0.05) is 23.5 Å². The van der Waals surface area contributed by atoms with Gasteiger partial charge in [-0.05, 0) is 28.9 Å². The van der Waals surface area contributed by atoms with Crippen molar-refractivity contribution in [1.29, 1.82) is 0 Å². The first-order valence-electron chi connectivity index (χ1n) is 8.53. The fraction of sp³-hybridized carbons (Fsp3) is 0.235. The van der Waals surface area contributed by atoms with Crippen LogP contribution in [0.2, 0.25) is 0 Å². The van der Waals surface area contributed by atoms with Crippen molar-refractivity contribution >= 4 is 65.3 Å². The first-order chi connectivity index (χ1) is 14.2. The van der Waals surface area contributed by atoms with Crippen LogP contribution in [-0.4, -0.2) is 43.2 Å². The summed E-state index contributed by atoms with van der Waals surface area (Å²) >= 11 is 4.35. The number of amides is 2. The summed E-state index contributed by atoms with van der Waals surface area (Å²) in [6, 6.07) is 3.84. The van der Waals surface area contributed by atoms with Gasteiger partial charge in [-0.2, -0.15) is 0 Å². The minimum absolute atomic E-state index is 0.114. The fourth-order valence-electron chi connectivity index (χ4n) is 2.68. The van der Waals surface area contributed by atoms with Crippen LogP contribution in [0.4, 0.5) is 9.93 Å². The summed E-state index contributed by atoms with van der Waals surface area (Å²) in [6.45, 7) is 1.60. The van der Waals surface area contributed by atoms with E-state index in [1.165, 1.54) is 12.4 Å². The molecule has 0 aliphatic rings. The monoisotopic (exact) mass is 516 g/mol. The van der Waals surface area contributed by atoms with Crippen molar-refractivity contribution in [2.75, 3.05) is 18.5 Å². The number of carbonyl (C=O) groups excluding carboxylic acids is 2. The number of para-hydroxylation sites is 1. The summed E-state index contributed by atoms with van der Waals surface area (Å²) in [5, 5.41) is 2.93. The van der Waals surface area contributed by atoms with Crippen LogP contribution >= 0.6 is 27.3 Å². The van der Waals surface area contributed by atoms with Gasteiger partial charge in [0.2, 0.25) is 0 Å². The zero-order chi connectivity index (χ0) is 21.9. The third-order valence-corrected chi connectivity index (χ3v) is 6.54. The normalized spacial score (nSPS) is 11.3. The van der Waals surface area contributed by atoms with E-state index in [-0.39, 0.29) is 23.2 Å². The van der Waals surface area contributed by atoms with Gasteiger partial charge in [0.05, 0.1) is 22.1 Å². The van der Waals surface area contributed by atoms with Crippen molar-refractivity contribution < 1.29 is 27.5 Å².